The highest BCUT2D eigenvalue weighted by Crippen LogP contribution is 2.39. The van der Waals surface area contributed by atoms with E-state index < -0.39 is 29.9 Å². The second-order valence-corrected chi connectivity index (χ2v) is 7.21. The fourth-order valence-corrected chi connectivity index (χ4v) is 2.70. The quantitative estimate of drug-likeness (QED) is 0.432. The van der Waals surface area contributed by atoms with Crippen LogP contribution in [0.2, 0.25) is 0 Å². The van der Waals surface area contributed by atoms with E-state index in [0.29, 0.717) is 17.9 Å². The van der Waals surface area contributed by atoms with Crippen molar-refractivity contribution in [3.05, 3.63) is 29.8 Å². The summed E-state index contributed by atoms with van der Waals surface area (Å²) < 4.78 is 10.4. The van der Waals surface area contributed by atoms with Crippen molar-refractivity contribution in [1.29, 1.82) is 5.26 Å². The Labute approximate surface area is 170 Å². The largest absolute Gasteiger partial charge is 0.494 e. The van der Waals surface area contributed by atoms with Crippen LogP contribution in [0.1, 0.15) is 49.9 Å². The average molecular weight is 401 g/mol. The molecule has 2 N–H and O–H groups in total. The number of amides is 2. The summed E-state index contributed by atoms with van der Waals surface area (Å²) in [6.45, 7) is 3.49. The van der Waals surface area contributed by atoms with Gasteiger partial charge in [-0.25, -0.2) is 0 Å². The van der Waals surface area contributed by atoms with Crippen LogP contribution in [0.5, 0.6) is 5.75 Å². The molecule has 2 rings (SSSR count). The molecule has 0 radical (unpaired) electrons. The number of hydrogen-bond donors (Lipinski definition) is 2. The molecule has 1 aliphatic carbocycles. The molecule has 1 aliphatic rings. The fourth-order valence-electron chi connectivity index (χ4n) is 2.70. The van der Waals surface area contributed by atoms with E-state index >= 15 is 0 Å². The molecule has 1 fully saturated rings. The molecule has 8 heteroatoms. The number of nitriles is 1. The van der Waals surface area contributed by atoms with Crippen LogP contribution in [-0.2, 0) is 14.3 Å². The summed E-state index contributed by atoms with van der Waals surface area (Å²) >= 11 is 0. The minimum absolute atomic E-state index is 0.134. The number of nitrogens with one attached hydrogen (secondary N) is 2. The summed E-state index contributed by atoms with van der Waals surface area (Å²) in [6.07, 6.45) is 3.78. The van der Waals surface area contributed by atoms with Crippen LogP contribution in [0.15, 0.2) is 24.3 Å². The van der Waals surface area contributed by atoms with E-state index in [0.717, 1.165) is 25.7 Å². The Morgan fingerprint density at radius 2 is 1.93 bits per heavy atom. The number of nitrogens with zero attached hydrogens (tertiary/aromatic N) is 1. The summed E-state index contributed by atoms with van der Waals surface area (Å²) in [5.74, 6) is -0.902. The van der Waals surface area contributed by atoms with Gasteiger partial charge in [0.15, 0.2) is 6.61 Å². The van der Waals surface area contributed by atoms with Crippen LogP contribution >= 0.6 is 0 Å². The van der Waals surface area contributed by atoms with E-state index in [1.165, 1.54) is 0 Å². The summed E-state index contributed by atoms with van der Waals surface area (Å²) in [4.78, 5) is 35.8. The molecule has 0 unspecified atom stereocenters. The first-order valence-electron chi connectivity index (χ1n) is 9.77. The lowest BCUT2D eigenvalue weighted by atomic mass is 9.98. The predicted molar refractivity (Wildman–Crippen MR) is 105 cm³/mol. The zero-order valence-corrected chi connectivity index (χ0v) is 16.8. The van der Waals surface area contributed by atoms with Gasteiger partial charge in [-0.15, -0.1) is 0 Å². The van der Waals surface area contributed by atoms with Gasteiger partial charge < -0.3 is 20.1 Å². The van der Waals surface area contributed by atoms with Crippen LogP contribution < -0.4 is 15.4 Å². The number of carbonyl (C=O) groups excluding carboxylic acids is 3. The van der Waals surface area contributed by atoms with E-state index in [-0.39, 0.29) is 12.5 Å². The van der Waals surface area contributed by atoms with Crippen molar-refractivity contribution in [3.8, 4) is 11.8 Å². The SMILES string of the molecule is CCCCOc1ccc(C(=O)NCC(=O)OCC(=O)N[C@@](C)(C#N)C2CC2)cc1. The van der Waals surface area contributed by atoms with Gasteiger partial charge >= 0.3 is 5.97 Å². The first kappa shape index (κ1) is 22.2. The van der Waals surface area contributed by atoms with E-state index in [1.54, 1.807) is 31.2 Å². The van der Waals surface area contributed by atoms with Gasteiger partial charge in [-0.05, 0) is 56.4 Å². The maximum absolute atomic E-state index is 12.1. The first-order chi connectivity index (χ1) is 13.9. The van der Waals surface area contributed by atoms with Gasteiger partial charge in [0.1, 0.15) is 17.8 Å². The van der Waals surface area contributed by atoms with Gasteiger partial charge in [0.05, 0.1) is 12.7 Å². The van der Waals surface area contributed by atoms with Crippen molar-refractivity contribution in [2.24, 2.45) is 5.92 Å². The van der Waals surface area contributed by atoms with E-state index in [2.05, 4.69) is 23.6 Å². The van der Waals surface area contributed by atoms with Gasteiger partial charge in [-0.3, -0.25) is 14.4 Å². The standard InChI is InChI=1S/C21H27N3O5/c1-3-4-11-28-17-9-5-15(6-10-17)20(27)23-12-19(26)29-13-18(25)24-21(2,14-22)16-7-8-16/h5-6,9-10,16H,3-4,7-8,11-13H2,1-2H3,(H,23,27)(H,24,25)/t21-/m0/s1. The van der Waals surface area contributed by atoms with Crippen molar-refractivity contribution < 1.29 is 23.9 Å². The average Bonchev–Trinajstić information content (AvgIpc) is 3.57. The van der Waals surface area contributed by atoms with Crippen molar-refractivity contribution in [3.63, 3.8) is 0 Å². The lowest BCUT2D eigenvalue weighted by Gasteiger charge is -2.22. The summed E-state index contributed by atoms with van der Waals surface area (Å²) in [5, 5.41) is 14.3. The Morgan fingerprint density at radius 3 is 2.52 bits per heavy atom. The fraction of sp³-hybridized carbons (Fsp3) is 0.524. The molecular formula is C21H27N3O5. The first-order valence-corrected chi connectivity index (χ1v) is 9.77. The minimum Gasteiger partial charge on any atom is -0.494 e. The monoisotopic (exact) mass is 401 g/mol. The Balaban J connectivity index is 1.69. The van der Waals surface area contributed by atoms with Crippen molar-refractivity contribution >= 4 is 17.8 Å². The second-order valence-electron chi connectivity index (χ2n) is 7.21. The molecule has 0 saturated heterocycles. The van der Waals surface area contributed by atoms with Gasteiger partial charge in [0, 0.05) is 5.56 Å². The highest BCUT2D eigenvalue weighted by atomic mass is 16.5. The molecule has 1 saturated carbocycles. The number of hydrogen-bond acceptors (Lipinski definition) is 6. The molecule has 156 valence electrons. The normalized spacial score (nSPS) is 14.8. The number of unbranched alkanes of at least 4 members (excludes halogenated alkanes) is 1. The van der Waals surface area contributed by atoms with Gasteiger partial charge in [0.25, 0.3) is 11.8 Å². The molecule has 0 aromatic heterocycles. The lowest BCUT2D eigenvalue weighted by molar-refractivity contribution is -0.147. The Morgan fingerprint density at radius 1 is 1.24 bits per heavy atom. The topological polar surface area (TPSA) is 118 Å². The Bertz CT molecular complexity index is 768. The Kier molecular flexibility index (Phi) is 8.01. The van der Waals surface area contributed by atoms with Crippen LogP contribution in [0, 0.1) is 17.2 Å². The molecule has 29 heavy (non-hydrogen) atoms. The van der Waals surface area contributed by atoms with E-state index in [1.807, 2.05) is 0 Å². The number of rotatable bonds is 11. The molecule has 1 aromatic carbocycles. The number of ether oxygens (including phenoxy) is 2. The molecule has 2 amide bonds. The van der Waals surface area contributed by atoms with E-state index in [9.17, 15) is 19.6 Å². The molecule has 0 spiro atoms. The van der Waals surface area contributed by atoms with Gasteiger partial charge in [-0.2, -0.15) is 5.26 Å². The third-order valence-electron chi connectivity index (χ3n) is 4.67. The summed E-state index contributed by atoms with van der Waals surface area (Å²) in [6, 6.07) is 8.70. The van der Waals surface area contributed by atoms with Crippen LogP contribution in [0.25, 0.3) is 0 Å². The second kappa shape index (κ2) is 10.5. The number of esters is 1. The highest BCUT2D eigenvalue weighted by Gasteiger charge is 2.43. The molecule has 0 bridgehead atoms. The van der Waals surface area contributed by atoms with E-state index in [4.69, 9.17) is 9.47 Å². The molecule has 1 atom stereocenters. The summed E-state index contributed by atoms with van der Waals surface area (Å²) in [7, 11) is 0. The third kappa shape index (κ3) is 7.11. The molecule has 8 nitrogen and oxygen atoms in total. The van der Waals surface area contributed by atoms with Gasteiger partial charge in [-0.1, -0.05) is 13.3 Å². The van der Waals surface area contributed by atoms with Crippen molar-refractivity contribution in [2.75, 3.05) is 19.8 Å². The zero-order valence-electron chi connectivity index (χ0n) is 16.8. The maximum atomic E-state index is 12.1. The van der Waals surface area contributed by atoms with Gasteiger partial charge in [0.2, 0.25) is 0 Å². The van der Waals surface area contributed by atoms with Crippen molar-refractivity contribution in [1.82, 2.24) is 10.6 Å². The van der Waals surface area contributed by atoms with Crippen LogP contribution in [0.3, 0.4) is 0 Å². The maximum Gasteiger partial charge on any atom is 0.325 e. The van der Waals surface area contributed by atoms with Crippen molar-refractivity contribution in [2.45, 2.75) is 45.1 Å². The summed E-state index contributed by atoms with van der Waals surface area (Å²) in [5.41, 5.74) is -0.558. The number of benzene rings is 1. The minimum atomic E-state index is -0.940. The molecule has 1 aromatic rings. The number of carbonyl (C=O) groups is 3. The lowest BCUT2D eigenvalue weighted by Crippen LogP contribution is -2.48. The Hall–Kier alpha value is -3.08. The van der Waals surface area contributed by atoms with Crippen LogP contribution in [-0.4, -0.2) is 43.1 Å². The highest BCUT2D eigenvalue weighted by molar-refractivity contribution is 5.96. The zero-order chi connectivity index (χ0) is 21.3. The molecule has 0 aliphatic heterocycles. The predicted octanol–water partition coefficient (Wildman–Crippen LogP) is 1.95. The smallest absolute Gasteiger partial charge is 0.325 e. The third-order valence-corrected chi connectivity index (χ3v) is 4.67. The molecule has 0 heterocycles. The molecular weight excluding hydrogens is 374 g/mol. The van der Waals surface area contributed by atoms with Crippen LogP contribution in [0.4, 0.5) is 0 Å².